The quantitative estimate of drug-likeness (QED) is 0.375. The molecule has 4 rings (SSSR count). The summed E-state index contributed by atoms with van der Waals surface area (Å²) < 4.78 is 0. The molecule has 0 bridgehead atoms. The van der Waals surface area contributed by atoms with Gasteiger partial charge in [0.25, 0.3) is 0 Å². The maximum absolute atomic E-state index is 4.86. The van der Waals surface area contributed by atoms with E-state index in [1.165, 1.54) is 51.3 Å². The molecule has 148 valence electrons. The molecule has 28 heavy (non-hydrogen) atoms. The molecule has 0 unspecified atom stereocenters. The van der Waals surface area contributed by atoms with Gasteiger partial charge in [-0.3, -0.25) is 4.99 Å². The fourth-order valence-corrected chi connectivity index (χ4v) is 5.16. The third-order valence-electron chi connectivity index (χ3n) is 5.42. The number of rotatable bonds is 6. The Kier molecular flexibility index (Phi) is 5.95. The van der Waals surface area contributed by atoms with Gasteiger partial charge in [0.15, 0.2) is 5.96 Å². The first-order chi connectivity index (χ1) is 13.7. The topological polar surface area (TPSA) is 56.3 Å². The van der Waals surface area contributed by atoms with Crippen molar-refractivity contribution in [3.05, 3.63) is 51.6 Å². The van der Waals surface area contributed by atoms with Gasteiger partial charge in [-0.1, -0.05) is 18.2 Å². The van der Waals surface area contributed by atoms with Crippen molar-refractivity contribution >= 4 is 28.2 Å². The lowest BCUT2D eigenvalue weighted by Crippen LogP contribution is -2.39. The SMILES string of the molecule is CN=C(NCCCc1c[nH]c2ccccc12)N(C)Cc1nc2c(s1)CCCC2. The summed E-state index contributed by atoms with van der Waals surface area (Å²) in [7, 11) is 3.95. The van der Waals surface area contributed by atoms with Crippen molar-refractivity contribution in [1.29, 1.82) is 0 Å². The summed E-state index contributed by atoms with van der Waals surface area (Å²) in [5, 5.41) is 6.04. The maximum Gasteiger partial charge on any atom is 0.193 e. The number of nitrogens with zero attached hydrogens (tertiary/aromatic N) is 3. The highest BCUT2D eigenvalue weighted by Crippen LogP contribution is 2.27. The lowest BCUT2D eigenvalue weighted by molar-refractivity contribution is 0.474. The summed E-state index contributed by atoms with van der Waals surface area (Å²) in [5.74, 6) is 0.937. The number of thiazole rings is 1. The van der Waals surface area contributed by atoms with Crippen LogP contribution in [0, 0.1) is 0 Å². The van der Waals surface area contributed by atoms with Crippen molar-refractivity contribution in [2.24, 2.45) is 4.99 Å². The minimum atomic E-state index is 0.819. The van der Waals surface area contributed by atoms with Crippen LogP contribution in [0.25, 0.3) is 10.9 Å². The van der Waals surface area contributed by atoms with Crippen LogP contribution in [-0.2, 0) is 25.8 Å². The zero-order chi connectivity index (χ0) is 19.3. The first kappa shape index (κ1) is 19.0. The molecule has 0 saturated heterocycles. The summed E-state index contributed by atoms with van der Waals surface area (Å²) in [5.41, 5.74) is 3.93. The molecule has 0 aliphatic heterocycles. The summed E-state index contributed by atoms with van der Waals surface area (Å²) in [6, 6.07) is 8.49. The van der Waals surface area contributed by atoms with Gasteiger partial charge in [-0.05, 0) is 50.2 Å². The van der Waals surface area contributed by atoms with Crippen LogP contribution >= 0.6 is 11.3 Å². The highest BCUT2D eigenvalue weighted by atomic mass is 32.1. The Morgan fingerprint density at radius 2 is 2.14 bits per heavy atom. The largest absolute Gasteiger partial charge is 0.361 e. The van der Waals surface area contributed by atoms with Gasteiger partial charge in [-0.2, -0.15) is 0 Å². The number of benzene rings is 1. The predicted octanol–water partition coefficient (Wildman–Crippen LogP) is 4.14. The molecular formula is C22H29N5S. The number of para-hydroxylation sites is 1. The normalized spacial score (nSPS) is 14.3. The van der Waals surface area contributed by atoms with E-state index in [0.717, 1.165) is 38.3 Å². The summed E-state index contributed by atoms with van der Waals surface area (Å²) >= 11 is 1.88. The van der Waals surface area contributed by atoms with E-state index in [0.29, 0.717) is 0 Å². The number of aromatic amines is 1. The van der Waals surface area contributed by atoms with Gasteiger partial charge in [-0.15, -0.1) is 11.3 Å². The van der Waals surface area contributed by atoms with Crippen LogP contribution in [0.5, 0.6) is 0 Å². The number of H-pyrrole nitrogens is 1. The van der Waals surface area contributed by atoms with Crippen LogP contribution in [0.15, 0.2) is 35.5 Å². The number of guanidine groups is 1. The Bertz CT molecular complexity index is 931. The number of hydrogen-bond donors (Lipinski definition) is 2. The predicted molar refractivity (Wildman–Crippen MR) is 118 cm³/mol. The molecule has 0 fully saturated rings. The summed E-state index contributed by atoms with van der Waals surface area (Å²) in [6.45, 7) is 1.73. The maximum atomic E-state index is 4.86. The Hall–Kier alpha value is -2.34. The number of fused-ring (bicyclic) bond motifs is 2. The fraction of sp³-hybridized carbons (Fsp3) is 0.455. The van der Waals surface area contributed by atoms with Crippen LogP contribution in [0.1, 0.15) is 40.4 Å². The van der Waals surface area contributed by atoms with Crippen LogP contribution in [0.3, 0.4) is 0 Å². The van der Waals surface area contributed by atoms with Gasteiger partial charge in [0.05, 0.1) is 12.2 Å². The van der Waals surface area contributed by atoms with Gasteiger partial charge in [0.2, 0.25) is 0 Å². The monoisotopic (exact) mass is 395 g/mol. The van der Waals surface area contributed by atoms with Crippen molar-refractivity contribution in [3.63, 3.8) is 0 Å². The summed E-state index contributed by atoms with van der Waals surface area (Å²) in [6.07, 6.45) is 9.21. The number of nitrogens with one attached hydrogen (secondary N) is 2. The van der Waals surface area contributed by atoms with Crippen molar-refractivity contribution in [1.82, 2.24) is 20.2 Å². The van der Waals surface area contributed by atoms with Crippen LogP contribution in [0.2, 0.25) is 0 Å². The molecule has 6 heteroatoms. The molecule has 0 radical (unpaired) electrons. The second-order valence-corrected chi connectivity index (χ2v) is 8.65. The molecule has 0 amide bonds. The summed E-state index contributed by atoms with van der Waals surface area (Å²) in [4.78, 5) is 16.3. The average molecular weight is 396 g/mol. The highest BCUT2D eigenvalue weighted by molar-refractivity contribution is 7.11. The third kappa shape index (κ3) is 4.22. The van der Waals surface area contributed by atoms with Crippen molar-refractivity contribution in [2.45, 2.75) is 45.1 Å². The van der Waals surface area contributed by atoms with Crippen LogP contribution < -0.4 is 5.32 Å². The third-order valence-corrected chi connectivity index (χ3v) is 6.56. The minimum Gasteiger partial charge on any atom is -0.361 e. The highest BCUT2D eigenvalue weighted by Gasteiger charge is 2.16. The zero-order valence-corrected chi connectivity index (χ0v) is 17.6. The Labute approximate surface area is 170 Å². The van der Waals surface area contributed by atoms with E-state index < -0.39 is 0 Å². The number of hydrogen-bond acceptors (Lipinski definition) is 3. The number of aliphatic imine (C=N–C) groups is 1. The van der Waals surface area contributed by atoms with Gasteiger partial charge >= 0.3 is 0 Å². The van der Waals surface area contributed by atoms with Crippen LogP contribution in [-0.4, -0.2) is 41.5 Å². The average Bonchev–Trinajstić information content (AvgIpc) is 3.31. The smallest absolute Gasteiger partial charge is 0.193 e. The minimum absolute atomic E-state index is 0.819. The van der Waals surface area contributed by atoms with E-state index in [-0.39, 0.29) is 0 Å². The second kappa shape index (κ2) is 8.78. The van der Waals surface area contributed by atoms with Crippen molar-refractivity contribution < 1.29 is 0 Å². The van der Waals surface area contributed by atoms with Gasteiger partial charge in [0, 0.05) is 42.6 Å². The molecular weight excluding hydrogens is 366 g/mol. The van der Waals surface area contributed by atoms with E-state index in [1.54, 1.807) is 0 Å². The van der Waals surface area contributed by atoms with Crippen LogP contribution in [0.4, 0.5) is 0 Å². The van der Waals surface area contributed by atoms with E-state index in [1.807, 2.05) is 18.4 Å². The van der Waals surface area contributed by atoms with E-state index in [9.17, 15) is 0 Å². The van der Waals surface area contributed by atoms with Crippen molar-refractivity contribution in [2.75, 3.05) is 20.6 Å². The molecule has 0 saturated carbocycles. The Morgan fingerprint density at radius 1 is 1.29 bits per heavy atom. The van der Waals surface area contributed by atoms with Gasteiger partial charge in [-0.25, -0.2) is 4.98 Å². The lowest BCUT2D eigenvalue weighted by Gasteiger charge is -2.21. The Morgan fingerprint density at radius 3 is 3.00 bits per heavy atom. The van der Waals surface area contributed by atoms with Gasteiger partial charge in [0.1, 0.15) is 5.01 Å². The lowest BCUT2D eigenvalue weighted by atomic mass is 10.0. The molecule has 2 heterocycles. The molecule has 0 atom stereocenters. The molecule has 1 aliphatic carbocycles. The first-order valence-corrected chi connectivity index (χ1v) is 11.0. The first-order valence-electron chi connectivity index (χ1n) is 10.2. The fourth-order valence-electron chi connectivity index (χ4n) is 3.95. The van der Waals surface area contributed by atoms with Crippen molar-refractivity contribution in [3.8, 4) is 0 Å². The molecule has 3 aromatic rings. The molecule has 1 aliphatic rings. The second-order valence-electron chi connectivity index (χ2n) is 7.48. The molecule has 2 aromatic heterocycles. The van der Waals surface area contributed by atoms with E-state index in [4.69, 9.17) is 4.98 Å². The van der Waals surface area contributed by atoms with E-state index in [2.05, 4.69) is 57.7 Å². The molecule has 0 spiro atoms. The molecule has 1 aromatic carbocycles. The van der Waals surface area contributed by atoms with E-state index >= 15 is 0 Å². The zero-order valence-electron chi connectivity index (χ0n) is 16.8. The molecule has 2 N–H and O–H groups in total. The van der Waals surface area contributed by atoms with Gasteiger partial charge < -0.3 is 15.2 Å². The standard InChI is InChI=1S/C22H29N5S/c1-23-22(27(2)15-21-26-19-11-5-6-12-20(19)28-21)24-13-7-8-16-14-25-18-10-4-3-9-17(16)18/h3-4,9-10,14,25H,5-8,11-13,15H2,1-2H3,(H,23,24). The number of aromatic nitrogens is 2. The molecule has 5 nitrogen and oxygen atoms in total. The Balaban J connectivity index is 1.27. The number of aryl methyl sites for hydroxylation is 3.